The van der Waals surface area contributed by atoms with Crippen LogP contribution in [0.4, 0.5) is 0 Å². The second-order valence-electron chi connectivity index (χ2n) is 7.00. The molecule has 3 N–H and O–H groups in total. The number of carbonyl (C=O) groups is 2. The maximum atomic E-state index is 12.7. The van der Waals surface area contributed by atoms with Gasteiger partial charge in [-0.2, -0.15) is 0 Å². The zero-order valence-corrected chi connectivity index (χ0v) is 16.6. The first-order valence-corrected chi connectivity index (χ1v) is 10.5. The Hall–Kier alpha value is -2.65. The van der Waals surface area contributed by atoms with Crippen molar-refractivity contribution in [2.24, 2.45) is 5.14 Å². The largest absolute Gasteiger partial charge is 0.459 e. The average molecular weight is 405 g/mol. The number of nitrogens with one attached hydrogen (secondary N) is 1. The van der Waals surface area contributed by atoms with Gasteiger partial charge in [-0.15, -0.1) is 0 Å². The second kappa shape index (κ2) is 7.76. The summed E-state index contributed by atoms with van der Waals surface area (Å²) in [4.78, 5) is 26.7. The first-order valence-electron chi connectivity index (χ1n) is 8.94. The number of piperidine rings is 1. The van der Waals surface area contributed by atoms with Crippen molar-refractivity contribution in [1.82, 2.24) is 10.2 Å². The van der Waals surface area contributed by atoms with Crippen LogP contribution in [0.15, 0.2) is 39.8 Å². The van der Waals surface area contributed by atoms with Gasteiger partial charge in [-0.25, -0.2) is 13.6 Å². The standard InChI is InChI=1S/C19H23N3O5S/c1-12-9-14(10-17(13(12)2)28(20,25)26)18(23)21-15-5-3-7-22(11-15)19(24)16-6-4-8-27-16/h4,6,8-10,15H,3,5,7,11H2,1-2H3,(H,21,23)(H2,20,25,26)/t15-/m1/s1. The SMILES string of the molecule is Cc1cc(C(=O)N[C@@H]2CCCN(C(=O)c3ccco3)C2)cc(S(N)(=O)=O)c1C. The molecule has 8 nitrogen and oxygen atoms in total. The van der Waals surface area contributed by atoms with Crippen molar-refractivity contribution in [2.75, 3.05) is 13.1 Å². The van der Waals surface area contributed by atoms with Crippen molar-refractivity contribution in [3.8, 4) is 0 Å². The number of amides is 2. The molecule has 0 unspecified atom stereocenters. The molecule has 0 aliphatic carbocycles. The molecule has 2 aromatic rings. The van der Waals surface area contributed by atoms with Crippen LogP contribution < -0.4 is 10.5 Å². The van der Waals surface area contributed by atoms with E-state index in [2.05, 4.69) is 5.32 Å². The van der Waals surface area contributed by atoms with E-state index < -0.39 is 15.9 Å². The molecule has 1 aromatic heterocycles. The van der Waals surface area contributed by atoms with E-state index in [9.17, 15) is 18.0 Å². The highest BCUT2D eigenvalue weighted by Crippen LogP contribution is 2.21. The van der Waals surface area contributed by atoms with Gasteiger partial charge in [0.15, 0.2) is 5.76 Å². The number of primary sulfonamides is 1. The minimum Gasteiger partial charge on any atom is -0.459 e. The quantitative estimate of drug-likeness (QED) is 0.799. The van der Waals surface area contributed by atoms with Crippen molar-refractivity contribution in [1.29, 1.82) is 0 Å². The number of hydrogen-bond donors (Lipinski definition) is 2. The van der Waals surface area contributed by atoms with Crippen LogP contribution in [0.1, 0.15) is 44.9 Å². The van der Waals surface area contributed by atoms with Gasteiger partial charge in [0.05, 0.1) is 11.2 Å². The van der Waals surface area contributed by atoms with Crippen LogP contribution in [0, 0.1) is 13.8 Å². The van der Waals surface area contributed by atoms with Gasteiger partial charge in [-0.3, -0.25) is 9.59 Å². The summed E-state index contributed by atoms with van der Waals surface area (Å²) in [5.74, 6) is -0.351. The lowest BCUT2D eigenvalue weighted by Crippen LogP contribution is -2.49. The number of nitrogens with two attached hydrogens (primary N) is 1. The molecule has 0 spiro atoms. The second-order valence-corrected chi connectivity index (χ2v) is 8.53. The minimum absolute atomic E-state index is 0.0593. The molecule has 1 aliphatic rings. The fourth-order valence-corrected chi connectivity index (χ4v) is 4.24. The van der Waals surface area contributed by atoms with E-state index in [1.54, 1.807) is 36.9 Å². The molecule has 1 aromatic carbocycles. The zero-order chi connectivity index (χ0) is 20.5. The minimum atomic E-state index is -3.93. The molecule has 2 amide bonds. The number of benzene rings is 1. The summed E-state index contributed by atoms with van der Waals surface area (Å²) in [5.41, 5.74) is 1.41. The van der Waals surface area contributed by atoms with E-state index in [1.165, 1.54) is 12.3 Å². The summed E-state index contributed by atoms with van der Waals surface area (Å²) in [5, 5.41) is 8.16. The lowest BCUT2D eigenvalue weighted by atomic mass is 10.0. The molecule has 1 aliphatic heterocycles. The molecule has 9 heteroatoms. The predicted molar refractivity (Wildman–Crippen MR) is 102 cm³/mol. The number of carbonyl (C=O) groups excluding carboxylic acids is 2. The summed E-state index contributed by atoms with van der Waals surface area (Å²) in [6.45, 7) is 4.32. The Kier molecular flexibility index (Phi) is 5.57. The van der Waals surface area contributed by atoms with Gasteiger partial charge in [0.2, 0.25) is 10.0 Å². The Morgan fingerprint density at radius 3 is 2.68 bits per heavy atom. The van der Waals surface area contributed by atoms with E-state index in [0.29, 0.717) is 24.2 Å². The van der Waals surface area contributed by atoms with Gasteiger partial charge in [-0.05, 0) is 62.1 Å². The fraction of sp³-hybridized carbons (Fsp3) is 0.368. The third-order valence-electron chi connectivity index (χ3n) is 4.96. The van der Waals surface area contributed by atoms with Crippen molar-refractivity contribution in [2.45, 2.75) is 37.6 Å². The third kappa shape index (κ3) is 4.26. The number of rotatable bonds is 4. The zero-order valence-electron chi connectivity index (χ0n) is 15.8. The average Bonchev–Trinajstić information content (AvgIpc) is 3.17. The van der Waals surface area contributed by atoms with Gasteiger partial charge in [0, 0.05) is 24.7 Å². The van der Waals surface area contributed by atoms with Crippen LogP contribution in [-0.2, 0) is 10.0 Å². The lowest BCUT2D eigenvalue weighted by molar-refractivity contribution is 0.0647. The van der Waals surface area contributed by atoms with Crippen LogP contribution in [-0.4, -0.2) is 44.3 Å². The van der Waals surface area contributed by atoms with Crippen molar-refractivity contribution >= 4 is 21.8 Å². The highest BCUT2D eigenvalue weighted by Gasteiger charge is 2.27. The maximum absolute atomic E-state index is 12.7. The van der Waals surface area contributed by atoms with Gasteiger partial charge in [-0.1, -0.05) is 0 Å². The molecular weight excluding hydrogens is 382 g/mol. The summed E-state index contributed by atoms with van der Waals surface area (Å²) < 4.78 is 28.7. The Balaban J connectivity index is 1.74. The molecule has 0 bridgehead atoms. The van der Waals surface area contributed by atoms with Crippen molar-refractivity contribution in [3.63, 3.8) is 0 Å². The number of sulfonamides is 1. The lowest BCUT2D eigenvalue weighted by Gasteiger charge is -2.32. The van der Waals surface area contributed by atoms with Gasteiger partial charge in [0.1, 0.15) is 0 Å². The predicted octanol–water partition coefficient (Wildman–Crippen LogP) is 1.58. The first kappa shape index (κ1) is 20.1. The van der Waals surface area contributed by atoms with E-state index in [4.69, 9.17) is 9.56 Å². The monoisotopic (exact) mass is 405 g/mol. The van der Waals surface area contributed by atoms with Crippen LogP contribution >= 0.6 is 0 Å². The Labute approximate surface area is 163 Å². The molecule has 2 heterocycles. The van der Waals surface area contributed by atoms with Gasteiger partial charge < -0.3 is 14.6 Å². The van der Waals surface area contributed by atoms with Gasteiger partial charge in [0.25, 0.3) is 11.8 Å². The molecule has 28 heavy (non-hydrogen) atoms. The molecule has 1 fully saturated rings. The van der Waals surface area contributed by atoms with Crippen LogP contribution in [0.25, 0.3) is 0 Å². The van der Waals surface area contributed by atoms with E-state index in [-0.39, 0.29) is 28.2 Å². The topological polar surface area (TPSA) is 123 Å². The van der Waals surface area contributed by atoms with E-state index >= 15 is 0 Å². The third-order valence-corrected chi connectivity index (χ3v) is 6.00. The number of nitrogens with zero attached hydrogens (tertiary/aromatic N) is 1. The molecule has 150 valence electrons. The number of likely N-dealkylation sites (tertiary alicyclic amines) is 1. The summed E-state index contributed by atoms with van der Waals surface area (Å²) in [7, 11) is -3.93. The fourth-order valence-electron chi connectivity index (χ4n) is 3.36. The number of furan rings is 1. The molecule has 1 atom stereocenters. The number of hydrogen-bond acceptors (Lipinski definition) is 5. The maximum Gasteiger partial charge on any atom is 0.289 e. The first-order chi connectivity index (χ1) is 13.2. The van der Waals surface area contributed by atoms with Gasteiger partial charge >= 0.3 is 0 Å². The van der Waals surface area contributed by atoms with Crippen molar-refractivity contribution < 1.29 is 22.4 Å². The van der Waals surface area contributed by atoms with Crippen LogP contribution in [0.3, 0.4) is 0 Å². The smallest absolute Gasteiger partial charge is 0.289 e. The molecule has 1 saturated heterocycles. The van der Waals surface area contributed by atoms with Crippen LogP contribution in [0.5, 0.6) is 0 Å². The number of aryl methyl sites for hydroxylation is 1. The summed E-state index contributed by atoms with van der Waals surface area (Å²) in [6.07, 6.45) is 2.91. The van der Waals surface area contributed by atoms with E-state index in [1.807, 2.05) is 0 Å². The highest BCUT2D eigenvalue weighted by molar-refractivity contribution is 7.89. The molecule has 0 saturated carbocycles. The summed E-state index contributed by atoms with van der Waals surface area (Å²) >= 11 is 0. The molecular formula is C19H23N3O5S. The van der Waals surface area contributed by atoms with Crippen molar-refractivity contribution in [3.05, 3.63) is 53.0 Å². The Bertz CT molecular complexity index is 999. The van der Waals surface area contributed by atoms with Crippen LogP contribution in [0.2, 0.25) is 0 Å². The molecule has 3 rings (SSSR count). The highest BCUT2D eigenvalue weighted by atomic mass is 32.2. The van der Waals surface area contributed by atoms with E-state index in [0.717, 1.165) is 12.8 Å². The summed E-state index contributed by atoms with van der Waals surface area (Å²) in [6, 6.07) is 5.95. The Morgan fingerprint density at radius 2 is 2.04 bits per heavy atom. The Morgan fingerprint density at radius 1 is 1.29 bits per heavy atom. The normalized spacial score (nSPS) is 17.4. The molecule has 0 radical (unpaired) electrons.